The van der Waals surface area contributed by atoms with Crippen LogP contribution in [0.25, 0.3) is 0 Å². The summed E-state index contributed by atoms with van der Waals surface area (Å²) < 4.78 is 0. The molecule has 0 bridgehead atoms. The third-order valence-electron chi connectivity index (χ3n) is 8.45. The number of unbranched alkanes of at least 4 members (excludes halogenated alkanes) is 29. The van der Waals surface area contributed by atoms with Gasteiger partial charge < -0.3 is 10.0 Å². The highest BCUT2D eigenvalue weighted by Gasteiger charge is 1.98. The van der Waals surface area contributed by atoms with Crippen LogP contribution in [0.5, 0.6) is 0 Å². The highest BCUT2D eigenvalue weighted by atomic mass is 16.4. The second-order valence-electron chi connectivity index (χ2n) is 13.2. The molecule has 41 heavy (non-hydrogen) atoms. The van der Waals surface area contributed by atoms with Crippen molar-refractivity contribution >= 4 is 5.97 Å². The van der Waals surface area contributed by atoms with Gasteiger partial charge in [-0.05, 0) is 33.5 Å². The number of rotatable bonds is 33. The minimum Gasteiger partial charge on any atom is -0.481 e. The summed E-state index contributed by atoms with van der Waals surface area (Å²) in [5.41, 5.74) is 0. The maximum atomic E-state index is 10.3. The molecule has 0 aromatic carbocycles. The van der Waals surface area contributed by atoms with E-state index in [-0.39, 0.29) is 0 Å². The fourth-order valence-electron chi connectivity index (χ4n) is 5.62. The summed E-state index contributed by atoms with van der Waals surface area (Å²) in [7, 11) is 4.34. The predicted octanol–water partition coefficient (Wildman–Crippen LogP) is 13.1. The van der Waals surface area contributed by atoms with E-state index in [0.29, 0.717) is 6.42 Å². The van der Waals surface area contributed by atoms with Crippen molar-refractivity contribution in [1.29, 1.82) is 0 Å². The molecule has 0 saturated heterocycles. The van der Waals surface area contributed by atoms with Crippen molar-refractivity contribution in [3.63, 3.8) is 0 Å². The number of hydrogen-bond donors (Lipinski definition) is 1. The van der Waals surface area contributed by atoms with E-state index in [1.165, 1.54) is 193 Å². The summed E-state index contributed by atoms with van der Waals surface area (Å²) in [6.45, 7) is 5.83. The molecule has 1 N–H and O–H groups in total. The van der Waals surface area contributed by atoms with Crippen LogP contribution >= 0.6 is 0 Å². The monoisotopic (exact) mass is 582 g/mol. The molecule has 0 aromatic heterocycles. The van der Waals surface area contributed by atoms with Gasteiger partial charge in [0.25, 0.3) is 0 Å². The lowest BCUT2D eigenvalue weighted by Gasteiger charge is -2.08. The largest absolute Gasteiger partial charge is 0.481 e. The van der Waals surface area contributed by atoms with E-state index in [1.54, 1.807) is 0 Å². The molecule has 0 atom stereocenters. The summed E-state index contributed by atoms with van der Waals surface area (Å²) in [4.78, 5) is 12.6. The lowest BCUT2D eigenvalue weighted by molar-refractivity contribution is -0.137. The zero-order valence-electron chi connectivity index (χ0n) is 29.1. The number of carbonyl (C=O) groups is 1. The second kappa shape index (κ2) is 39.4. The van der Waals surface area contributed by atoms with Crippen LogP contribution in [0.15, 0.2) is 0 Å². The summed E-state index contributed by atoms with van der Waals surface area (Å²) >= 11 is 0. The van der Waals surface area contributed by atoms with Crippen LogP contribution in [0.4, 0.5) is 0 Å². The van der Waals surface area contributed by atoms with Crippen LogP contribution in [0.1, 0.15) is 219 Å². The molecule has 0 unspecified atom stereocenters. The van der Waals surface area contributed by atoms with Gasteiger partial charge >= 0.3 is 5.97 Å². The number of nitrogens with zero attached hydrogens (tertiary/aromatic N) is 1. The van der Waals surface area contributed by atoms with Crippen LogP contribution in [-0.4, -0.2) is 36.6 Å². The van der Waals surface area contributed by atoms with Crippen molar-refractivity contribution in [1.82, 2.24) is 4.90 Å². The number of hydrogen-bond acceptors (Lipinski definition) is 2. The molecule has 0 saturated carbocycles. The van der Waals surface area contributed by atoms with Crippen molar-refractivity contribution < 1.29 is 9.90 Å². The molecule has 0 amide bonds. The molecule has 0 fully saturated rings. The number of aliphatic carboxylic acids is 1. The Morgan fingerprint density at radius 3 is 0.829 bits per heavy atom. The van der Waals surface area contributed by atoms with Gasteiger partial charge in [-0.3, -0.25) is 4.79 Å². The third-order valence-corrected chi connectivity index (χ3v) is 8.45. The quantitative estimate of drug-likeness (QED) is 0.0783. The van der Waals surface area contributed by atoms with Crippen LogP contribution in [-0.2, 0) is 4.79 Å². The molecule has 0 aromatic rings. The molecule has 0 aliphatic carbocycles. The van der Waals surface area contributed by atoms with Gasteiger partial charge in [0.05, 0.1) is 0 Å². The SMILES string of the molecule is CCCCCCCCCCCCCCCCCC(=O)O.CCCCCCCCCCCCCCCCCCN(C)C. The zero-order chi connectivity index (χ0) is 30.5. The molecule has 3 nitrogen and oxygen atoms in total. The summed E-state index contributed by atoms with van der Waals surface area (Å²) in [6.07, 6.45) is 43.5. The Morgan fingerprint density at radius 2 is 0.610 bits per heavy atom. The molecule has 0 aliphatic heterocycles. The maximum absolute atomic E-state index is 10.3. The van der Waals surface area contributed by atoms with E-state index in [2.05, 4.69) is 32.8 Å². The Bertz CT molecular complexity index is 465. The molecule has 0 radical (unpaired) electrons. The van der Waals surface area contributed by atoms with Gasteiger partial charge in [0.1, 0.15) is 0 Å². The number of carboxylic acids is 1. The Morgan fingerprint density at radius 1 is 0.390 bits per heavy atom. The van der Waals surface area contributed by atoms with Gasteiger partial charge in [-0.2, -0.15) is 0 Å². The summed E-state index contributed by atoms with van der Waals surface area (Å²) in [5, 5.41) is 8.52. The van der Waals surface area contributed by atoms with E-state index in [1.807, 2.05) is 0 Å². The van der Waals surface area contributed by atoms with Gasteiger partial charge in [-0.25, -0.2) is 0 Å². The number of carboxylic acid groups (broad SMARTS) is 1. The highest BCUT2D eigenvalue weighted by Crippen LogP contribution is 2.15. The molecule has 0 rings (SSSR count). The maximum Gasteiger partial charge on any atom is 0.303 e. The first-order chi connectivity index (χ1) is 20.0. The van der Waals surface area contributed by atoms with E-state index in [9.17, 15) is 4.79 Å². The molecular formula is C38H79NO2. The lowest BCUT2D eigenvalue weighted by Crippen LogP contribution is -2.12. The van der Waals surface area contributed by atoms with Gasteiger partial charge in [0.15, 0.2) is 0 Å². The average Bonchev–Trinajstić information content (AvgIpc) is 2.95. The van der Waals surface area contributed by atoms with E-state index in [4.69, 9.17) is 5.11 Å². The van der Waals surface area contributed by atoms with Crippen LogP contribution in [0.3, 0.4) is 0 Å². The second-order valence-corrected chi connectivity index (χ2v) is 13.2. The molecule has 0 spiro atoms. The summed E-state index contributed by atoms with van der Waals surface area (Å²) in [5.74, 6) is -0.653. The lowest BCUT2D eigenvalue weighted by atomic mass is 10.0. The molecule has 0 aliphatic rings. The fourth-order valence-corrected chi connectivity index (χ4v) is 5.62. The standard InChI is InChI=1S/C20H43N.C18H36O2/c1-4-5-6-7-8-9-10-11-12-13-14-15-16-17-18-19-20-21(2)3;1-2-3-4-5-6-7-8-9-10-11-12-13-14-15-16-17-18(19)20/h4-20H2,1-3H3;2-17H2,1H3,(H,19,20). The Labute approximate surface area is 260 Å². The average molecular weight is 582 g/mol. The minimum absolute atomic E-state index is 0.345. The van der Waals surface area contributed by atoms with Crippen molar-refractivity contribution in [2.45, 2.75) is 219 Å². The highest BCUT2D eigenvalue weighted by molar-refractivity contribution is 5.66. The van der Waals surface area contributed by atoms with E-state index < -0.39 is 5.97 Å². The van der Waals surface area contributed by atoms with Gasteiger partial charge in [0, 0.05) is 6.42 Å². The van der Waals surface area contributed by atoms with Crippen molar-refractivity contribution in [3.05, 3.63) is 0 Å². The van der Waals surface area contributed by atoms with Gasteiger partial charge in [-0.1, -0.05) is 200 Å². The predicted molar refractivity (Wildman–Crippen MR) is 185 cm³/mol. The van der Waals surface area contributed by atoms with Crippen molar-refractivity contribution in [2.24, 2.45) is 0 Å². The molecule has 0 heterocycles. The topological polar surface area (TPSA) is 40.5 Å². The van der Waals surface area contributed by atoms with Crippen molar-refractivity contribution in [3.8, 4) is 0 Å². The Hall–Kier alpha value is -0.570. The normalized spacial score (nSPS) is 11.1. The van der Waals surface area contributed by atoms with Crippen LogP contribution in [0.2, 0.25) is 0 Å². The Balaban J connectivity index is 0. The van der Waals surface area contributed by atoms with Gasteiger partial charge in [0.2, 0.25) is 0 Å². The first-order valence-corrected chi connectivity index (χ1v) is 18.9. The fraction of sp³-hybridized carbons (Fsp3) is 0.974. The summed E-state index contributed by atoms with van der Waals surface area (Å²) in [6, 6.07) is 0. The zero-order valence-corrected chi connectivity index (χ0v) is 29.1. The van der Waals surface area contributed by atoms with Crippen LogP contribution in [0, 0.1) is 0 Å². The molecule has 3 heteroatoms. The Kier molecular flexibility index (Phi) is 40.9. The molecular weight excluding hydrogens is 502 g/mol. The molecule has 248 valence electrons. The van der Waals surface area contributed by atoms with Crippen LogP contribution < -0.4 is 0 Å². The first kappa shape index (κ1) is 42.6. The van der Waals surface area contributed by atoms with E-state index >= 15 is 0 Å². The van der Waals surface area contributed by atoms with Gasteiger partial charge in [-0.15, -0.1) is 0 Å². The first-order valence-electron chi connectivity index (χ1n) is 18.9. The van der Waals surface area contributed by atoms with E-state index in [0.717, 1.165) is 12.8 Å². The van der Waals surface area contributed by atoms with Crippen molar-refractivity contribution in [2.75, 3.05) is 20.6 Å². The smallest absolute Gasteiger partial charge is 0.303 e. The third kappa shape index (κ3) is 46.6. The minimum atomic E-state index is -0.653.